The average molecular weight is 323 g/mol. The molecular formula is C14H15BrN2O2. The molecule has 1 aromatic carbocycles. The number of fused-ring (bicyclic) bond motifs is 1. The molecule has 0 radical (unpaired) electrons. The van der Waals surface area contributed by atoms with Gasteiger partial charge in [-0.15, -0.1) is 0 Å². The highest BCUT2D eigenvalue weighted by Gasteiger charge is 2.25. The molecule has 4 nitrogen and oxygen atoms in total. The van der Waals surface area contributed by atoms with Gasteiger partial charge < -0.3 is 15.4 Å². The van der Waals surface area contributed by atoms with Gasteiger partial charge in [-0.25, -0.2) is 0 Å². The lowest BCUT2D eigenvalue weighted by Gasteiger charge is -2.08. The summed E-state index contributed by atoms with van der Waals surface area (Å²) in [4.78, 5) is 11.5. The first-order chi connectivity index (χ1) is 9.11. The van der Waals surface area contributed by atoms with Crippen LogP contribution in [0, 0.1) is 0 Å². The molecule has 19 heavy (non-hydrogen) atoms. The number of rotatable bonds is 4. The van der Waals surface area contributed by atoms with Crippen molar-refractivity contribution >= 4 is 32.7 Å². The molecule has 1 saturated carbocycles. The molecule has 1 aliphatic carbocycles. The van der Waals surface area contributed by atoms with E-state index in [4.69, 9.17) is 5.73 Å². The van der Waals surface area contributed by atoms with Crippen LogP contribution in [-0.2, 0) is 6.54 Å². The summed E-state index contributed by atoms with van der Waals surface area (Å²) >= 11 is 3.56. The van der Waals surface area contributed by atoms with E-state index in [0.29, 0.717) is 18.2 Å². The van der Waals surface area contributed by atoms with Crippen LogP contribution in [0.5, 0.6) is 0 Å². The molecule has 2 aromatic rings. The Morgan fingerprint density at radius 2 is 2.16 bits per heavy atom. The number of amides is 1. The molecule has 0 atom stereocenters. The third kappa shape index (κ3) is 2.17. The molecular weight excluding hydrogens is 308 g/mol. The van der Waals surface area contributed by atoms with Crippen LogP contribution < -0.4 is 5.73 Å². The van der Waals surface area contributed by atoms with Crippen molar-refractivity contribution in [1.29, 1.82) is 0 Å². The van der Waals surface area contributed by atoms with Crippen molar-refractivity contribution in [2.45, 2.75) is 25.3 Å². The third-order valence-corrected chi connectivity index (χ3v) is 4.27. The van der Waals surface area contributed by atoms with Gasteiger partial charge in [0.1, 0.15) is 5.69 Å². The lowest BCUT2D eigenvalue weighted by atomic mass is 10.1. The van der Waals surface area contributed by atoms with E-state index in [1.807, 2.05) is 0 Å². The largest absolute Gasteiger partial charge is 0.395 e. The van der Waals surface area contributed by atoms with Gasteiger partial charge >= 0.3 is 0 Å². The number of aliphatic hydroxyl groups excluding tert-OH is 1. The maximum absolute atomic E-state index is 11.5. The predicted octanol–water partition coefficient (Wildman–Crippen LogP) is 2.37. The molecule has 3 rings (SSSR count). The molecule has 1 aromatic heterocycles. The normalized spacial score (nSPS) is 15.1. The molecule has 0 unspecified atom stereocenters. The van der Waals surface area contributed by atoms with Gasteiger partial charge in [-0.3, -0.25) is 4.79 Å². The maximum Gasteiger partial charge on any atom is 0.265 e. The monoisotopic (exact) mass is 322 g/mol. The molecule has 1 amide bonds. The molecule has 1 aliphatic rings. The van der Waals surface area contributed by atoms with Crippen LogP contribution in [-0.4, -0.2) is 22.2 Å². The van der Waals surface area contributed by atoms with Crippen LogP contribution in [0.15, 0.2) is 22.7 Å². The van der Waals surface area contributed by atoms with E-state index >= 15 is 0 Å². The summed E-state index contributed by atoms with van der Waals surface area (Å²) in [6.45, 7) is 0.359. The van der Waals surface area contributed by atoms with Gasteiger partial charge in [-0.2, -0.15) is 0 Å². The Kier molecular flexibility index (Phi) is 3.11. The fraction of sp³-hybridized carbons (Fsp3) is 0.357. The molecule has 3 N–H and O–H groups in total. The minimum atomic E-state index is -0.468. The van der Waals surface area contributed by atoms with Crippen molar-refractivity contribution in [1.82, 2.24) is 4.57 Å². The molecule has 5 heteroatoms. The van der Waals surface area contributed by atoms with Crippen LogP contribution in [0.4, 0.5) is 0 Å². The second-order valence-corrected chi connectivity index (χ2v) is 5.83. The highest BCUT2D eigenvalue weighted by Crippen LogP contribution is 2.43. The number of nitrogens with two attached hydrogens (primary N) is 1. The van der Waals surface area contributed by atoms with Crippen molar-refractivity contribution in [2.24, 2.45) is 5.73 Å². The van der Waals surface area contributed by atoms with Gasteiger partial charge in [0.2, 0.25) is 0 Å². The van der Waals surface area contributed by atoms with Crippen LogP contribution in [0.2, 0.25) is 0 Å². The Labute approximate surface area is 119 Å². The summed E-state index contributed by atoms with van der Waals surface area (Å²) in [7, 11) is 0. The first kappa shape index (κ1) is 12.7. The molecule has 100 valence electrons. The van der Waals surface area contributed by atoms with Gasteiger partial charge in [-0.05, 0) is 42.5 Å². The van der Waals surface area contributed by atoms with E-state index in [1.165, 1.54) is 18.4 Å². The van der Waals surface area contributed by atoms with Crippen molar-refractivity contribution in [2.75, 3.05) is 6.61 Å². The van der Waals surface area contributed by atoms with Crippen LogP contribution >= 0.6 is 15.9 Å². The fourth-order valence-electron chi connectivity index (χ4n) is 2.53. The fourth-order valence-corrected chi connectivity index (χ4v) is 3.11. The van der Waals surface area contributed by atoms with Crippen LogP contribution in [0.1, 0.15) is 34.8 Å². The number of aliphatic hydroxyl groups is 1. The maximum atomic E-state index is 11.5. The summed E-state index contributed by atoms with van der Waals surface area (Å²) in [6, 6.07) is 6.02. The highest BCUT2D eigenvalue weighted by atomic mass is 79.9. The number of hydrogen-bond acceptors (Lipinski definition) is 2. The average Bonchev–Trinajstić information content (AvgIpc) is 3.14. The van der Waals surface area contributed by atoms with Crippen molar-refractivity contribution in [3.63, 3.8) is 0 Å². The summed E-state index contributed by atoms with van der Waals surface area (Å²) in [5.41, 5.74) is 8.10. The van der Waals surface area contributed by atoms with Crippen molar-refractivity contribution in [3.8, 4) is 0 Å². The number of carbonyl (C=O) groups is 1. The zero-order chi connectivity index (χ0) is 13.6. The van der Waals surface area contributed by atoms with Gasteiger partial charge in [0, 0.05) is 16.4 Å². The standard InChI is InChI=1S/C14H15BrN2O2/c15-11-5-9(8-1-2-8)6-12-10(11)7-13(14(16)19)17(12)3-4-18/h5-8,18H,1-4H2,(H2,16,19). The number of primary amides is 1. The van der Waals surface area contributed by atoms with E-state index in [-0.39, 0.29) is 6.61 Å². The highest BCUT2D eigenvalue weighted by molar-refractivity contribution is 9.10. The third-order valence-electron chi connectivity index (χ3n) is 3.62. The number of halogens is 1. The number of nitrogens with zero attached hydrogens (tertiary/aromatic N) is 1. The lowest BCUT2D eigenvalue weighted by Crippen LogP contribution is -2.17. The summed E-state index contributed by atoms with van der Waals surface area (Å²) in [5, 5.41) is 10.1. The quantitative estimate of drug-likeness (QED) is 0.907. The number of hydrogen-bond donors (Lipinski definition) is 2. The molecule has 0 saturated heterocycles. The zero-order valence-electron chi connectivity index (χ0n) is 10.4. The predicted molar refractivity (Wildman–Crippen MR) is 77.2 cm³/mol. The van der Waals surface area contributed by atoms with E-state index in [2.05, 4.69) is 28.1 Å². The van der Waals surface area contributed by atoms with Gasteiger partial charge in [0.25, 0.3) is 5.91 Å². The Bertz CT molecular complexity index is 659. The van der Waals surface area contributed by atoms with Gasteiger partial charge in [0.05, 0.1) is 12.1 Å². The summed E-state index contributed by atoms with van der Waals surface area (Å²) < 4.78 is 2.78. The molecule has 1 fully saturated rings. The number of benzene rings is 1. The van der Waals surface area contributed by atoms with E-state index in [1.54, 1.807) is 10.6 Å². The lowest BCUT2D eigenvalue weighted by molar-refractivity contribution is 0.0991. The summed E-state index contributed by atoms with van der Waals surface area (Å²) in [6.07, 6.45) is 2.45. The molecule has 0 spiro atoms. The van der Waals surface area contributed by atoms with Crippen LogP contribution in [0.3, 0.4) is 0 Å². The van der Waals surface area contributed by atoms with Crippen LogP contribution in [0.25, 0.3) is 10.9 Å². The van der Waals surface area contributed by atoms with E-state index < -0.39 is 5.91 Å². The second kappa shape index (κ2) is 4.65. The number of carbonyl (C=O) groups excluding carboxylic acids is 1. The van der Waals surface area contributed by atoms with Gasteiger partial charge in [0.15, 0.2) is 0 Å². The first-order valence-electron chi connectivity index (χ1n) is 6.35. The minimum absolute atomic E-state index is 0.0185. The second-order valence-electron chi connectivity index (χ2n) is 4.98. The molecule has 0 bridgehead atoms. The zero-order valence-corrected chi connectivity index (χ0v) is 12.0. The van der Waals surface area contributed by atoms with Gasteiger partial charge in [-0.1, -0.05) is 15.9 Å². The first-order valence-corrected chi connectivity index (χ1v) is 7.14. The number of aromatic nitrogens is 1. The Hall–Kier alpha value is -1.33. The van der Waals surface area contributed by atoms with E-state index in [9.17, 15) is 9.90 Å². The Balaban J connectivity index is 2.25. The minimum Gasteiger partial charge on any atom is -0.395 e. The molecule has 1 heterocycles. The smallest absolute Gasteiger partial charge is 0.265 e. The topological polar surface area (TPSA) is 68.2 Å². The SMILES string of the molecule is NC(=O)c1cc2c(Br)cc(C3CC3)cc2n1CCO. The summed E-state index contributed by atoms with van der Waals surface area (Å²) in [5.74, 6) is 0.166. The van der Waals surface area contributed by atoms with E-state index in [0.717, 1.165) is 15.4 Å². The Morgan fingerprint density at radius 1 is 1.42 bits per heavy atom. The van der Waals surface area contributed by atoms with Crippen molar-refractivity contribution < 1.29 is 9.90 Å². The van der Waals surface area contributed by atoms with Crippen molar-refractivity contribution in [3.05, 3.63) is 33.9 Å². The molecule has 0 aliphatic heterocycles. The Morgan fingerprint density at radius 3 is 2.74 bits per heavy atom.